The average molecular weight is 430 g/mol. The Hall–Kier alpha value is -2.22. The molecule has 14 heteroatoms. The zero-order valence-corrected chi connectivity index (χ0v) is 12.8. The van der Waals surface area contributed by atoms with Gasteiger partial charge in [-0.05, 0) is 6.07 Å². The lowest BCUT2D eigenvalue weighted by Crippen LogP contribution is -2.62. The molecule has 28 heavy (non-hydrogen) atoms. The smallest absolute Gasteiger partial charge is 0.307 e. The highest BCUT2D eigenvalue weighted by atomic mass is 19.4. The van der Waals surface area contributed by atoms with Gasteiger partial charge in [-0.15, -0.1) is 0 Å². The summed E-state index contributed by atoms with van der Waals surface area (Å²) in [4.78, 5) is 0. The van der Waals surface area contributed by atoms with E-state index in [2.05, 4.69) is 0 Å². The zero-order valence-electron chi connectivity index (χ0n) is 12.8. The summed E-state index contributed by atoms with van der Waals surface area (Å²) in [6, 6.07) is -0.560. The van der Waals surface area contributed by atoms with E-state index in [1.807, 2.05) is 0 Å². The average Bonchev–Trinajstić information content (AvgIpc) is 2.47. The lowest BCUT2D eigenvalue weighted by atomic mass is 9.81. The normalized spacial score (nSPS) is 20.9. The Bertz CT molecular complexity index is 891. The van der Waals surface area contributed by atoms with E-state index in [0.29, 0.717) is 0 Å². The Kier molecular flexibility index (Phi) is 5.05. The molecule has 0 fully saturated rings. The largest absolute Gasteiger partial charge is 0.422 e. The zero-order chi connectivity index (χ0) is 22.0. The monoisotopic (exact) mass is 430 g/mol. The molecule has 0 radical (unpaired) electrons. The number of halogens is 12. The Morgan fingerprint density at radius 3 is 1.75 bits per heavy atom. The highest BCUT2D eigenvalue weighted by Crippen LogP contribution is 2.51. The van der Waals surface area contributed by atoms with Gasteiger partial charge in [0.15, 0.2) is 23.3 Å². The molecule has 0 amide bonds. The molecule has 4 N–H and O–H groups in total. The van der Waals surface area contributed by atoms with Gasteiger partial charge in [0, 0.05) is 5.56 Å². The van der Waals surface area contributed by atoms with Gasteiger partial charge in [0.2, 0.25) is 0 Å². The maximum atomic E-state index is 14.3. The van der Waals surface area contributed by atoms with Crippen LogP contribution in [0.4, 0.5) is 52.7 Å². The minimum absolute atomic E-state index is 0.560. The molecule has 0 aromatic heterocycles. The summed E-state index contributed by atoms with van der Waals surface area (Å²) in [5.41, 5.74) is -1.85. The van der Waals surface area contributed by atoms with E-state index in [-0.39, 0.29) is 0 Å². The Labute approximate surface area is 147 Å². The maximum Gasteiger partial charge on any atom is 0.422 e. The fourth-order valence-electron chi connectivity index (χ4n) is 2.58. The first kappa shape index (κ1) is 22.1. The fraction of sp³-hybridized carbons (Fsp3) is 0.286. The predicted molar refractivity (Wildman–Crippen MR) is 69.2 cm³/mol. The van der Waals surface area contributed by atoms with Crippen molar-refractivity contribution in [2.75, 3.05) is 0 Å². The number of nitrogens with two attached hydrogens (primary N) is 2. The van der Waals surface area contributed by atoms with Gasteiger partial charge in [-0.3, -0.25) is 0 Å². The van der Waals surface area contributed by atoms with Crippen LogP contribution in [0.1, 0.15) is 11.1 Å². The van der Waals surface area contributed by atoms with Crippen LogP contribution in [-0.4, -0.2) is 11.8 Å². The summed E-state index contributed by atoms with van der Waals surface area (Å²) >= 11 is 0. The summed E-state index contributed by atoms with van der Waals surface area (Å²) in [5.74, 6) is -20.3. The Balaban J connectivity index is 2.96. The standard InChI is InChI=1S/C14H6F12N2/c15-3-1-2(6(16)5(7(3)17)13(21,22)23)4-8(18)10(14(24,25)26)12(27,28)11(20)9(4)19/h1,10H,27-28H2. The molecular formula is C14H6F12N2. The molecule has 0 bridgehead atoms. The van der Waals surface area contributed by atoms with Crippen molar-refractivity contribution >= 4 is 5.57 Å². The molecule has 156 valence electrons. The first-order valence-corrected chi connectivity index (χ1v) is 6.79. The van der Waals surface area contributed by atoms with E-state index in [1.54, 1.807) is 0 Å². The quantitative estimate of drug-likeness (QED) is 0.384. The van der Waals surface area contributed by atoms with Crippen molar-refractivity contribution < 1.29 is 52.7 Å². The second-order valence-electron chi connectivity index (χ2n) is 5.67. The third kappa shape index (κ3) is 3.23. The molecule has 2 rings (SSSR count). The molecule has 1 aromatic rings. The van der Waals surface area contributed by atoms with Gasteiger partial charge < -0.3 is 11.5 Å². The van der Waals surface area contributed by atoms with Crippen LogP contribution < -0.4 is 11.5 Å². The number of hydrogen-bond donors (Lipinski definition) is 2. The minimum atomic E-state index is -5.95. The second-order valence-corrected chi connectivity index (χ2v) is 5.67. The number of rotatable bonds is 1. The van der Waals surface area contributed by atoms with Crippen molar-refractivity contribution in [2.45, 2.75) is 18.0 Å². The summed E-state index contributed by atoms with van der Waals surface area (Å²) in [6.07, 6.45) is -11.8. The Morgan fingerprint density at radius 1 is 0.821 bits per heavy atom. The predicted octanol–water partition coefficient (Wildman–Crippen LogP) is 4.76. The van der Waals surface area contributed by atoms with Crippen molar-refractivity contribution in [2.24, 2.45) is 17.4 Å². The molecular weight excluding hydrogens is 424 g/mol. The molecule has 2 nitrogen and oxygen atoms in total. The van der Waals surface area contributed by atoms with E-state index in [4.69, 9.17) is 11.5 Å². The van der Waals surface area contributed by atoms with Crippen LogP contribution in [0.5, 0.6) is 0 Å². The number of benzene rings is 1. The van der Waals surface area contributed by atoms with Crippen LogP contribution in [0.2, 0.25) is 0 Å². The van der Waals surface area contributed by atoms with Crippen LogP contribution in [0.15, 0.2) is 23.5 Å². The molecule has 0 heterocycles. The van der Waals surface area contributed by atoms with Crippen LogP contribution >= 0.6 is 0 Å². The summed E-state index contributed by atoms with van der Waals surface area (Å²) in [5, 5.41) is 0. The van der Waals surface area contributed by atoms with Gasteiger partial charge in [-0.2, -0.15) is 26.3 Å². The van der Waals surface area contributed by atoms with Crippen molar-refractivity contribution in [3.8, 4) is 0 Å². The molecule has 0 saturated carbocycles. The van der Waals surface area contributed by atoms with Crippen LogP contribution in [-0.2, 0) is 6.18 Å². The van der Waals surface area contributed by atoms with E-state index in [0.717, 1.165) is 0 Å². The highest BCUT2D eigenvalue weighted by molar-refractivity contribution is 5.82. The molecule has 1 aliphatic carbocycles. The van der Waals surface area contributed by atoms with Gasteiger partial charge in [0.05, 0.1) is 5.57 Å². The SMILES string of the molecule is NC1(N)C(F)=C(F)C(c2cc(F)c(F)c(C(F)(F)F)c2F)=C(F)C1C(F)(F)F. The molecule has 0 aliphatic heterocycles. The minimum Gasteiger partial charge on any atom is -0.307 e. The third-order valence-corrected chi connectivity index (χ3v) is 3.80. The molecule has 1 unspecified atom stereocenters. The van der Waals surface area contributed by atoms with Crippen molar-refractivity contribution in [1.82, 2.24) is 0 Å². The number of allylic oxidation sites excluding steroid dienone is 2. The highest BCUT2D eigenvalue weighted by Gasteiger charge is 2.60. The summed E-state index contributed by atoms with van der Waals surface area (Å²) in [7, 11) is 0. The van der Waals surface area contributed by atoms with E-state index < -0.39 is 81.6 Å². The molecule has 1 atom stereocenters. The second kappa shape index (κ2) is 6.40. The molecule has 0 saturated heterocycles. The lowest BCUT2D eigenvalue weighted by molar-refractivity contribution is -0.183. The maximum absolute atomic E-state index is 14.3. The van der Waals surface area contributed by atoms with Crippen LogP contribution in [0.3, 0.4) is 0 Å². The first-order valence-electron chi connectivity index (χ1n) is 6.79. The van der Waals surface area contributed by atoms with Crippen LogP contribution in [0.25, 0.3) is 5.57 Å². The van der Waals surface area contributed by atoms with Crippen molar-refractivity contribution in [1.29, 1.82) is 0 Å². The van der Waals surface area contributed by atoms with Crippen LogP contribution in [0, 0.1) is 23.4 Å². The van der Waals surface area contributed by atoms with E-state index in [1.165, 1.54) is 0 Å². The van der Waals surface area contributed by atoms with E-state index in [9.17, 15) is 52.7 Å². The summed E-state index contributed by atoms with van der Waals surface area (Å²) in [6.45, 7) is 0. The van der Waals surface area contributed by atoms with E-state index >= 15 is 0 Å². The van der Waals surface area contributed by atoms with Gasteiger partial charge in [-0.1, -0.05) is 0 Å². The Morgan fingerprint density at radius 2 is 1.32 bits per heavy atom. The van der Waals surface area contributed by atoms with Crippen molar-refractivity contribution in [3.05, 3.63) is 52.1 Å². The molecule has 1 aromatic carbocycles. The van der Waals surface area contributed by atoms with Crippen molar-refractivity contribution in [3.63, 3.8) is 0 Å². The van der Waals surface area contributed by atoms with Gasteiger partial charge in [-0.25, -0.2) is 26.3 Å². The fourth-order valence-corrected chi connectivity index (χ4v) is 2.58. The number of alkyl halides is 6. The number of hydrogen-bond acceptors (Lipinski definition) is 2. The van der Waals surface area contributed by atoms with Gasteiger partial charge in [0.25, 0.3) is 0 Å². The lowest BCUT2D eigenvalue weighted by Gasteiger charge is -2.37. The van der Waals surface area contributed by atoms with Gasteiger partial charge in [0.1, 0.15) is 28.8 Å². The summed E-state index contributed by atoms with van der Waals surface area (Å²) < 4.78 is 161. The topological polar surface area (TPSA) is 52.0 Å². The molecule has 0 spiro atoms. The third-order valence-electron chi connectivity index (χ3n) is 3.80. The van der Waals surface area contributed by atoms with Gasteiger partial charge >= 0.3 is 12.4 Å². The first-order chi connectivity index (χ1) is 12.4. The molecule has 1 aliphatic rings.